The van der Waals surface area contributed by atoms with E-state index in [4.69, 9.17) is 10.5 Å². The molecular formula is C5H11NO. The third-order valence-corrected chi connectivity index (χ3v) is 1.20. The van der Waals surface area contributed by atoms with Crippen molar-refractivity contribution in [3.8, 4) is 0 Å². The van der Waals surface area contributed by atoms with Crippen LogP contribution in [-0.4, -0.2) is 19.3 Å². The quantitative estimate of drug-likeness (QED) is 0.470. The Balaban J connectivity index is 2.12. The van der Waals surface area contributed by atoms with E-state index in [9.17, 15) is 0 Å². The van der Waals surface area contributed by atoms with E-state index < -0.39 is 0 Å². The second-order valence-corrected chi connectivity index (χ2v) is 1.98. The van der Waals surface area contributed by atoms with Crippen LogP contribution in [-0.2, 0) is 4.74 Å². The fourth-order valence-electron chi connectivity index (χ4n) is 0.766. The lowest BCUT2D eigenvalue weighted by molar-refractivity contribution is 0.0822. The molecule has 0 aromatic heterocycles. The molecule has 1 atom stereocenters. The van der Waals surface area contributed by atoms with Crippen molar-refractivity contribution in [2.75, 3.05) is 13.2 Å². The van der Waals surface area contributed by atoms with E-state index in [1.54, 1.807) is 0 Å². The topological polar surface area (TPSA) is 35.2 Å². The number of hydrogen-bond donors (Lipinski definition) is 1. The highest BCUT2D eigenvalue weighted by atomic mass is 16.5. The van der Waals surface area contributed by atoms with E-state index in [0.717, 1.165) is 26.1 Å². The molecule has 0 aromatic carbocycles. The molecule has 0 aliphatic carbocycles. The maximum Gasteiger partial charge on any atom is 0.0617 e. The van der Waals surface area contributed by atoms with Gasteiger partial charge in [-0.3, -0.25) is 0 Å². The zero-order valence-electron chi connectivity index (χ0n) is 4.39. The average Bonchev–Trinajstić information content (AvgIpc) is 1.69. The summed E-state index contributed by atoms with van der Waals surface area (Å²) in [6.45, 7) is 1.67. The summed E-state index contributed by atoms with van der Waals surface area (Å²) in [6, 6.07) is 0.314. The standard InChI is InChI=1S/C5H11NO/c6-5-2-1-3-7-4-5/h5H,1-4,6H2/t5-/m1/s1. The van der Waals surface area contributed by atoms with Crippen LogP contribution in [0.1, 0.15) is 12.8 Å². The third kappa shape index (κ3) is 1.45. The van der Waals surface area contributed by atoms with Crippen LogP contribution in [0.15, 0.2) is 0 Å². The smallest absolute Gasteiger partial charge is 0.0617 e. The van der Waals surface area contributed by atoms with Gasteiger partial charge in [0.15, 0.2) is 0 Å². The summed E-state index contributed by atoms with van der Waals surface area (Å²) in [7, 11) is 0. The molecule has 7 heavy (non-hydrogen) atoms. The van der Waals surface area contributed by atoms with Gasteiger partial charge in [-0.05, 0) is 12.8 Å². The molecular weight excluding hydrogens is 90.1 g/mol. The third-order valence-electron chi connectivity index (χ3n) is 1.20. The van der Waals surface area contributed by atoms with Crippen LogP contribution in [0.5, 0.6) is 0 Å². The summed E-state index contributed by atoms with van der Waals surface area (Å²) in [5, 5.41) is 0. The SMILES string of the molecule is N[C@@H]1CCCOC1. The molecule has 1 saturated heterocycles. The summed E-state index contributed by atoms with van der Waals surface area (Å²) in [5.41, 5.74) is 5.51. The Kier molecular flexibility index (Phi) is 1.65. The van der Waals surface area contributed by atoms with Crippen molar-refractivity contribution in [1.82, 2.24) is 0 Å². The summed E-state index contributed by atoms with van der Waals surface area (Å²) in [6.07, 6.45) is 2.28. The minimum Gasteiger partial charge on any atom is -0.380 e. The van der Waals surface area contributed by atoms with Gasteiger partial charge in [-0.2, -0.15) is 0 Å². The zero-order chi connectivity index (χ0) is 5.11. The molecule has 0 saturated carbocycles. The van der Waals surface area contributed by atoms with E-state index in [1.165, 1.54) is 0 Å². The Morgan fingerprint density at radius 2 is 2.43 bits per heavy atom. The minimum atomic E-state index is 0.314. The van der Waals surface area contributed by atoms with Crippen molar-refractivity contribution in [2.24, 2.45) is 5.73 Å². The fourth-order valence-corrected chi connectivity index (χ4v) is 0.766. The normalized spacial score (nSPS) is 33.0. The molecule has 0 amide bonds. The van der Waals surface area contributed by atoms with Crippen LogP contribution in [0.4, 0.5) is 0 Å². The van der Waals surface area contributed by atoms with Crippen LogP contribution in [0.3, 0.4) is 0 Å². The van der Waals surface area contributed by atoms with Gasteiger partial charge in [-0.25, -0.2) is 0 Å². The Hall–Kier alpha value is -0.0800. The molecule has 0 bridgehead atoms. The monoisotopic (exact) mass is 101 g/mol. The molecule has 1 heterocycles. The van der Waals surface area contributed by atoms with Gasteiger partial charge in [0.1, 0.15) is 0 Å². The highest BCUT2D eigenvalue weighted by molar-refractivity contribution is 4.63. The van der Waals surface area contributed by atoms with E-state index in [2.05, 4.69) is 0 Å². The van der Waals surface area contributed by atoms with E-state index in [-0.39, 0.29) is 0 Å². The molecule has 1 fully saturated rings. The van der Waals surface area contributed by atoms with Gasteiger partial charge in [0.05, 0.1) is 6.61 Å². The van der Waals surface area contributed by atoms with Crippen LogP contribution in [0.2, 0.25) is 0 Å². The molecule has 1 rings (SSSR count). The first-order valence-corrected chi connectivity index (χ1v) is 2.73. The van der Waals surface area contributed by atoms with Gasteiger partial charge >= 0.3 is 0 Å². The van der Waals surface area contributed by atoms with Crippen LogP contribution in [0, 0.1) is 0 Å². The maximum absolute atomic E-state index is 5.51. The molecule has 2 N–H and O–H groups in total. The van der Waals surface area contributed by atoms with E-state index >= 15 is 0 Å². The predicted octanol–water partition coefficient (Wildman–Crippen LogP) is 0.124. The maximum atomic E-state index is 5.51. The molecule has 2 heteroatoms. The van der Waals surface area contributed by atoms with Crippen LogP contribution < -0.4 is 5.73 Å². The summed E-state index contributed by atoms with van der Waals surface area (Å²) < 4.78 is 5.06. The first-order valence-electron chi connectivity index (χ1n) is 2.73. The minimum absolute atomic E-state index is 0.314. The van der Waals surface area contributed by atoms with Crippen molar-refractivity contribution in [3.05, 3.63) is 0 Å². The lowest BCUT2D eigenvalue weighted by Crippen LogP contribution is -2.30. The molecule has 0 unspecified atom stereocenters. The van der Waals surface area contributed by atoms with E-state index in [0.29, 0.717) is 6.04 Å². The summed E-state index contributed by atoms with van der Waals surface area (Å²) >= 11 is 0. The van der Waals surface area contributed by atoms with Gasteiger partial charge in [-0.1, -0.05) is 0 Å². The summed E-state index contributed by atoms with van der Waals surface area (Å²) in [5.74, 6) is 0. The average molecular weight is 101 g/mol. The molecule has 2 nitrogen and oxygen atoms in total. The van der Waals surface area contributed by atoms with Crippen LogP contribution in [0.25, 0.3) is 0 Å². The fraction of sp³-hybridized carbons (Fsp3) is 1.00. The molecule has 0 aromatic rings. The Morgan fingerprint density at radius 3 is 2.71 bits per heavy atom. The number of rotatable bonds is 0. The summed E-state index contributed by atoms with van der Waals surface area (Å²) in [4.78, 5) is 0. The van der Waals surface area contributed by atoms with Crippen molar-refractivity contribution in [2.45, 2.75) is 18.9 Å². The van der Waals surface area contributed by atoms with Gasteiger partial charge in [0, 0.05) is 12.6 Å². The second-order valence-electron chi connectivity index (χ2n) is 1.98. The molecule has 0 spiro atoms. The van der Waals surface area contributed by atoms with Crippen molar-refractivity contribution in [3.63, 3.8) is 0 Å². The second kappa shape index (κ2) is 2.28. The predicted molar refractivity (Wildman–Crippen MR) is 28.0 cm³/mol. The lowest BCUT2D eigenvalue weighted by Gasteiger charge is -2.16. The molecule has 42 valence electrons. The Labute approximate surface area is 43.6 Å². The first kappa shape index (κ1) is 5.06. The first-order chi connectivity index (χ1) is 3.39. The lowest BCUT2D eigenvalue weighted by atomic mass is 10.1. The Bertz CT molecular complexity index is 50.0. The van der Waals surface area contributed by atoms with Crippen molar-refractivity contribution in [1.29, 1.82) is 0 Å². The highest BCUT2D eigenvalue weighted by Gasteiger charge is 2.06. The van der Waals surface area contributed by atoms with Gasteiger partial charge in [0.25, 0.3) is 0 Å². The van der Waals surface area contributed by atoms with Crippen molar-refractivity contribution >= 4 is 0 Å². The van der Waals surface area contributed by atoms with Crippen LogP contribution >= 0.6 is 0 Å². The number of ether oxygens (including phenoxy) is 1. The van der Waals surface area contributed by atoms with E-state index in [1.807, 2.05) is 0 Å². The van der Waals surface area contributed by atoms with Gasteiger partial charge < -0.3 is 10.5 Å². The largest absolute Gasteiger partial charge is 0.380 e. The molecule has 1 aliphatic heterocycles. The molecule has 1 aliphatic rings. The molecule has 0 radical (unpaired) electrons. The zero-order valence-corrected chi connectivity index (χ0v) is 4.39. The number of nitrogens with two attached hydrogens (primary N) is 1. The van der Waals surface area contributed by atoms with Gasteiger partial charge in [-0.15, -0.1) is 0 Å². The highest BCUT2D eigenvalue weighted by Crippen LogP contribution is 2.01. The van der Waals surface area contributed by atoms with Crippen molar-refractivity contribution < 1.29 is 4.74 Å². The Morgan fingerprint density at radius 1 is 1.57 bits per heavy atom. The van der Waals surface area contributed by atoms with Gasteiger partial charge in [0.2, 0.25) is 0 Å². The number of hydrogen-bond acceptors (Lipinski definition) is 2.